The Morgan fingerprint density at radius 2 is 2.12 bits per heavy atom. The highest BCUT2D eigenvalue weighted by Crippen LogP contribution is 2.20. The zero-order valence-electron chi connectivity index (χ0n) is 13.7. The summed E-state index contributed by atoms with van der Waals surface area (Å²) in [6.45, 7) is 3.18. The van der Waals surface area contributed by atoms with E-state index in [0.717, 1.165) is 11.3 Å². The van der Waals surface area contributed by atoms with Crippen molar-refractivity contribution in [2.24, 2.45) is 0 Å². The number of hydrogen-bond acceptors (Lipinski definition) is 5. The van der Waals surface area contributed by atoms with Crippen LogP contribution >= 0.6 is 0 Å². The number of likely N-dealkylation sites (N-methyl/N-ethyl adjacent to an activating group) is 1. The summed E-state index contributed by atoms with van der Waals surface area (Å²) in [5.41, 5.74) is 2.01. The predicted molar refractivity (Wildman–Crippen MR) is 87.5 cm³/mol. The molecule has 3 rings (SSSR count). The van der Waals surface area contributed by atoms with Gasteiger partial charge >= 0.3 is 6.03 Å². The first-order valence-electron chi connectivity index (χ1n) is 7.79. The third kappa shape index (κ3) is 3.28. The van der Waals surface area contributed by atoms with Gasteiger partial charge in [-0.2, -0.15) is 5.10 Å². The molecular weight excluding hydrogens is 308 g/mol. The van der Waals surface area contributed by atoms with Gasteiger partial charge in [-0.3, -0.25) is 14.6 Å². The van der Waals surface area contributed by atoms with Crippen LogP contribution in [0.15, 0.2) is 36.9 Å². The molecule has 0 spiro atoms. The van der Waals surface area contributed by atoms with Crippen LogP contribution in [0.25, 0.3) is 5.69 Å². The SMILES string of the molecule is CC(c1ccc(-n2cncn2)cc1)N(C)CC(=O)N1CCNC1=O. The highest BCUT2D eigenvalue weighted by atomic mass is 16.2. The van der Waals surface area contributed by atoms with Gasteiger partial charge in [-0.25, -0.2) is 14.5 Å². The van der Waals surface area contributed by atoms with E-state index in [1.165, 1.54) is 11.2 Å². The molecule has 126 valence electrons. The first-order valence-corrected chi connectivity index (χ1v) is 7.79. The van der Waals surface area contributed by atoms with Crippen LogP contribution in [-0.4, -0.2) is 63.2 Å². The van der Waals surface area contributed by atoms with Gasteiger partial charge in [0.15, 0.2) is 0 Å². The first-order chi connectivity index (χ1) is 11.6. The fourth-order valence-electron chi connectivity index (χ4n) is 2.65. The van der Waals surface area contributed by atoms with Gasteiger partial charge in [0, 0.05) is 19.1 Å². The van der Waals surface area contributed by atoms with Gasteiger partial charge in [0.2, 0.25) is 5.91 Å². The maximum absolute atomic E-state index is 12.2. The van der Waals surface area contributed by atoms with E-state index in [0.29, 0.717) is 13.1 Å². The van der Waals surface area contributed by atoms with E-state index in [-0.39, 0.29) is 24.5 Å². The normalized spacial score (nSPS) is 15.6. The van der Waals surface area contributed by atoms with E-state index in [9.17, 15) is 9.59 Å². The predicted octanol–water partition coefficient (Wildman–Crippen LogP) is 0.812. The number of urea groups is 1. The van der Waals surface area contributed by atoms with Gasteiger partial charge < -0.3 is 5.32 Å². The molecule has 2 heterocycles. The molecule has 1 saturated heterocycles. The fourth-order valence-corrected chi connectivity index (χ4v) is 2.65. The molecule has 8 nitrogen and oxygen atoms in total. The van der Waals surface area contributed by atoms with Crippen molar-refractivity contribution in [1.82, 2.24) is 29.9 Å². The number of carbonyl (C=O) groups is 2. The Kier molecular flexibility index (Phi) is 4.57. The van der Waals surface area contributed by atoms with Gasteiger partial charge in [-0.05, 0) is 31.7 Å². The molecule has 0 bridgehead atoms. The molecular formula is C16H20N6O2. The van der Waals surface area contributed by atoms with Crippen LogP contribution in [0, 0.1) is 0 Å². The topological polar surface area (TPSA) is 83.4 Å². The Labute approximate surface area is 140 Å². The minimum Gasteiger partial charge on any atom is -0.336 e. The Hall–Kier alpha value is -2.74. The number of aromatic nitrogens is 3. The molecule has 1 N–H and O–H groups in total. The number of hydrogen-bond donors (Lipinski definition) is 1. The quantitative estimate of drug-likeness (QED) is 0.878. The van der Waals surface area contributed by atoms with Gasteiger partial charge in [0.05, 0.1) is 12.2 Å². The zero-order valence-corrected chi connectivity index (χ0v) is 13.7. The van der Waals surface area contributed by atoms with Crippen LogP contribution in [0.3, 0.4) is 0 Å². The molecule has 0 saturated carbocycles. The molecule has 1 aromatic carbocycles. The molecule has 24 heavy (non-hydrogen) atoms. The second-order valence-corrected chi connectivity index (χ2v) is 5.80. The van der Waals surface area contributed by atoms with Crippen LogP contribution in [0.5, 0.6) is 0 Å². The van der Waals surface area contributed by atoms with E-state index in [1.54, 1.807) is 11.0 Å². The van der Waals surface area contributed by atoms with Gasteiger partial charge in [-0.15, -0.1) is 0 Å². The Bertz CT molecular complexity index is 713. The largest absolute Gasteiger partial charge is 0.336 e. The van der Waals surface area contributed by atoms with Crippen LogP contribution < -0.4 is 5.32 Å². The first kappa shape index (κ1) is 16.1. The van der Waals surface area contributed by atoms with Crippen LogP contribution in [-0.2, 0) is 4.79 Å². The lowest BCUT2D eigenvalue weighted by Crippen LogP contribution is -2.41. The van der Waals surface area contributed by atoms with Crippen LogP contribution in [0.2, 0.25) is 0 Å². The van der Waals surface area contributed by atoms with E-state index < -0.39 is 0 Å². The number of rotatable bonds is 5. The molecule has 1 aliphatic heterocycles. The fraction of sp³-hybridized carbons (Fsp3) is 0.375. The minimum absolute atomic E-state index is 0.0458. The Morgan fingerprint density at radius 3 is 2.71 bits per heavy atom. The van der Waals surface area contributed by atoms with Crippen molar-refractivity contribution >= 4 is 11.9 Å². The lowest BCUT2D eigenvalue weighted by molar-refractivity contribution is -0.128. The minimum atomic E-state index is -0.307. The smallest absolute Gasteiger partial charge is 0.324 e. The molecule has 2 aromatic rings. The number of benzene rings is 1. The standard InChI is InChI=1S/C16H20N6O2/c1-12(20(2)9-15(23)21-8-7-18-16(21)24)13-3-5-14(6-4-13)22-11-17-10-19-22/h3-6,10-12H,7-9H2,1-2H3,(H,18,24). The molecule has 0 aliphatic carbocycles. The summed E-state index contributed by atoms with van der Waals surface area (Å²) in [7, 11) is 1.88. The second-order valence-electron chi connectivity index (χ2n) is 5.80. The monoisotopic (exact) mass is 328 g/mol. The Morgan fingerprint density at radius 1 is 1.38 bits per heavy atom. The molecule has 1 fully saturated rings. The summed E-state index contributed by atoms with van der Waals surface area (Å²) in [6.07, 6.45) is 3.13. The number of amides is 3. The molecule has 8 heteroatoms. The van der Waals surface area contributed by atoms with E-state index in [4.69, 9.17) is 0 Å². The van der Waals surface area contributed by atoms with Crippen molar-refractivity contribution in [3.05, 3.63) is 42.5 Å². The summed E-state index contributed by atoms with van der Waals surface area (Å²) in [5.74, 6) is -0.182. The lowest BCUT2D eigenvalue weighted by atomic mass is 10.1. The lowest BCUT2D eigenvalue weighted by Gasteiger charge is -2.26. The average Bonchev–Trinajstić information content (AvgIpc) is 3.25. The molecule has 0 radical (unpaired) electrons. The van der Waals surface area contributed by atoms with Crippen molar-refractivity contribution in [2.75, 3.05) is 26.7 Å². The highest BCUT2D eigenvalue weighted by Gasteiger charge is 2.27. The molecule has 1 unspecified atom stereocenters. The van der Waals surface area contributed by atoms with Gasteiger partial charge in [-0.1, -0.05) is 12.1 Å². The molecule has 1 aliphatic rings. The van der Waals surface area contributed by atoms with Gasteiger partial charge in [0.25, 0.3) is 0 Å². The zero-order chi connectivity index (χ0) is 17.1. The third-order valence-corrected chi connectivity index (χ3v) is 4.26. The molecule has 3 amide bonds. The van der Waals surface area contributed by atoms with Crippen molar-refractivity contribution in [1.29, 1.82) is 0 Å². The summed E-state index contributed by atoms with van der Waals surface area (Å²) in [6, 6.07) is 7.67. The van der Waals surface area contributed by atoms with Crippen molar-refractivity contribution in [3.63, 3.8) is 0 Å². The van der Waals surface area contributed by atoms with Gasteiger partial charge in [0.1, 0.15) is 12.7 Å². The summed E-state index contributed by atoms with van der Waals surface area (Å²) < 4.78 is 1.69. The average molecular weight is 328 g/mol. The summed E-state index contributed by atoms with van der Waals surface area (Å²) in [4.78, 5) is 30.9. The summed E-state index contributed by atoms with van der Waals surface area (Å²) >= 11 is 0. The van der Waals surface area contributed by atoms with Crippen molar-refractivity contribution in [2.45, 2.75) is 13.0 Å². The maximum atomic E-state index is 12.2. The van der Waals surface area contributed by atoms with Crippen LogP contribution in [0.1, 0.15) is 18.5 Å². The van der Waals surface area contributed by atoms with Crippen molar-refractivity contribution in [3.8, 4) is 5.69 Å². The summed E-state index contributed by atoms with van der Waals surface area (Å²) in [5, 5.41) is 6.73. The Balaban J connectivity index is 1.63. The third-order valence-electron chi connectivity index (χ3n) is 4.26. The maximum Gasteiger partial charge on any atom is 0.324 e. The number of nitrogens with one attached hydrogen (secondary N) is 1. The van der Waals surface area contributed by atoms with E-state index >= 15 is 0 Å². The second kappa shape index (κ2) is 6.79. The molecule has 1 atom stereocenters. The van der Waals surface area contributed by atoms with E-state index in [1.807, 2.05) is 43.1 Å². The number of nitrogens with zero attached hydrogens (tertiary/aromatic N) is 5. The molecule has 1 aromatic heterocycles. The van der Waals surface area contributed by atoms with Crippen molar-refractivity contribution < 1.29 is 9.59 Å². The van der Waals surface area contributed by atoms with E-state index in [2.05, 4.69) is 15.4 Å². The number of imide groups is 1. The number of carbonyl (C=O) groups excluding carboxylic acids is 2. The highest BCUT2D eigenvalue weighted by molar-refractivity contribution is 5.96. The van der Waals surface area contributed by atoms with Crippen LogP contribution in [0.4, 0.5) is 4.79 Å².